The van der Waals surface area contributed by atoms with Crippen molar-refractivity contribution in [1.82, 2.24) is 15.5 Å². The van der Waals surface area contributed by atoms with Gasteiger partial charge < -0.3 is 14.5 Å². The molecule has 0 spiro atoms. The molecule has 1 aliphatic rings. The summed E-state index contributed by atoms with van der Waals surface area (Å²) < 4.78 is 10.5. The first-order valence-corrected chi connectivity index (χ1v) is 9.43. The van der Waals surface area contributed by atoms with Crippen LogP contribution < -0.4 is 26.7 Å². The monoisotopic (exact) mass is 407 g/mol. The van der Waals surface area contributed by atoms with E-state index in [0.29, 0.717) is 35.2 Å². The van der Waals surface area contributed by atoms with Crippen LogP contribution >= 0.6 is 0 Å². The van der Waals surface area contributed by atoms with E-state index in [9.17, 15) is 9.59 Å². The van der Waals surface area contributed by atoms with Crippen molar-refractivity contribution in [1.29, 1.82) is 0 Å². The smallest absolute Gasteiger partial charge is 0.309 e. The molecule has 0 saturated heterocycles. The minimum Gasteiger partial charge on any atom is -0.493 e. The van der Waals surface area contributed by atoms with Crippen molar-refractivity contribution in [2.45, 2.75) is 13.3 Å². The fraction of sp³-hybridized carbons (Fsp3) is 0.190. The molecular formula is C21H21N5O4. The van der Waals surface area contributed by atoms with Gasteiger partial charge in [0.1, 0.15) is 11.6 Å². The second-order valence-corrected chi connectivity index (χ2v) is 6.61. The highest BCUT2D eigenvalue weighted by Crippen LogP contribution is 2.34. The molecule has 9 heteroatoms. The number of hydrazine groups is 2. The molecular weight excluding hydrogens is 386 g/mol. The summed E-state index contributed by atoms with van der Waals surface area (Å²) in [5.74, 6) is 1.15. The number of fused-ring (bicyclic) bond motifs is 1. The lowest BCUT2D eigenvalue weighted by atomic mass is 10.0. The van der Waals surface area contributed by atoms with Crippen LogP contribution in [-0.4, -0.2) is 29.7 Å². The molecule has 1 aromatic heterocycles. The van der Waals surface area contributed by atoms with Gasteiger partial charge in [-0.05, 0) is 35.7 Å². The SMILES string of the molecule is CCOc1cc(-c2ccc(CC(=O)OC)cc2)ccc1-c1nc2c(c(=O)[nH]1)NNN2. The molecule has 0 fully saturated rings. The van der Waals surface area contributed by atoms with Crippen molar-refractivity contribution < 1.29 is 14.3 Å². The lowest BCUT2D eigenvalue weighted by molar-refractivity contribution is -0.139. The van der Waals surface area contributed by atoms with Gasteiger partial charge in [-0.1, -0.05) is 30.3 Å². The molecule has 1 aliphatic heterocycles. The van der Waals surface area contributed by atoms with Crippen molar-refractivity contribution in [3.63, 3.8) is 0 Å². The van der Waals surface area contributed by atoms with Gasteiger partial charge in [0, 0.05) is 0 Å². The van der Waals surface area contributed by atoms with Crippen molar-refractivity contribution in [2.75, 3.05) is 24.6 Å². The van der Waals surface area contributed by atoms with E-state index >= 15 is 0 Å². The third-order valence-corrected chi connectivity index (χ3v) is 4.69. The molecule has 154 valence electrons. The van der Waals surface area contributed by atoms with Crippen molar-refractivity contribution in [2.24, 2.45) is 0 Å². The van der Waals surface area contributed by atoms with Gasteiger partial charge in [0.25, 0.3) is 5.56 Å². The van der Waals surface area contributed by atoms with Crippen LogP contribution in [-0.2, 0) is 16.0 Å². The zero-order valence-corrected chi connectivity index (χ0v) is 16.5. The zero-order chi connectivity index (χ0) is 21.1. The maximum Gasteiger partial charge on any atom is 0.309 e. The number of nitrogens with one attached hydrogen (secondary N) is 4. The van der Waals surface area contributed by atoms with Crippen molar-refractivity contribution in [3.8, 4) is 28.3 Å². The number of benzene rings is 2. The summed E-state index contributed by atoms with van der Waals surface area (Å²) in [6, 6.07) is 13.4. The predicted octanol–water partition coefficient (Wildman–Crippen LogP) is 2.48. The van der Waals surface area contributed by atoms with E-state index in [1.807, 2.05) is 49.4 Å². The molecule has 0 atom stereocenters. The molecule has 0 aliphatic carbocycles. The van der Waals surface area contributed by atoms with Gasteiger partial charge in [-0.15, -0.1) is 5.53 Å². The van der Waals surface area contributed by atoms with Gasteiger partial charge in [0.05, 0.1) is 25.7 Å². The lowest BCUT2D eigenvalue weighted by Crippen LogP contribution is -2.21. The average Bonchev–Trinajstić information content (AvgIpc) is 3.24. The van der Waals surface area contributed by atoms with E-state index < -0.39 is 0 Å². The van der Waals surface area contributed by atoms with E-state index in [1.165, 1.54) is 7.11 Å². The summed E-state index contributed by atoms with van der Waals surface area (Å²) in [7, 11) is 1.37. The molecule has 4 rings (SSSR count). The van der Waals surface area contributed by atoms with Gasteiger partial charge in [0.2, 0.25) is 0 Å². The minimum absolute atomic E-state index is 0.231. The standard InChI is InChI=1S/C21H21N5O4/c1-3-30-16-11-14(13-6-4-12(5-7-13)10-17(27)29-2)8-9-15(16)19-22-20-18(21(28)23-19)24-26-25-20/h4-9,11,24,26H,3,10H2,1-2H3,(H2,22,23,25,28). The van der Waals surface area contributed by atoms with E-state index in [2.05, 4.69) is 26.4 Å². The van der Waals surface area contributed by atoms with E-state index in [4.69, 9.17) is 9.47 Å². The Bertz CT molecular complexity index is 1140. The van der Waals surface area contributed by atoms with Crippen LogP contribution in [0.1, 0.15) is 12.5 Å². The first kappa shape index (κ1) is 19.5. The van der Waals surface area contributed by atoms with Gasteiger partial charge in [-0.25, -0.2) is 4.98 Å². The first-order valence-electron chi connectivity index (χ1n) is 9.43. The summed E-state index contributed by atoms with van der Waals surface area (Å²) in [6.45, 7) is 2.36. The van der Waals surface area contributed by atoms with Crippen molar-refractivity contribution in [3.05, 3.63) is 58.4 Å². The number of hydrogen-bond donors (Lipinski definition) is 4. The second-order valence-electron chi connectivity index (χ2n) is 6.61. The Labute approximate surface area is 172 Å². The second kappa shape index (κ2) is 8.26. The Hall–Kier alpha value is -3.85. The molecule has 0 bridgehead atoms. The number of methoxy groups -OCH3 is 1. The first-order chi connectivity index (χ1) is 14.6. The highest BCUT2D eigenvalue weighted by molar-refractivity contribution is 5.76. The number of aromatic amines is 1. The minimum atomic E-state index is -0.291. The molecule has 2 heterocycles. The Kier molecular flexibility index (Phi) is 5.36. The molecule has 0 radical (unpaired) electrons. The number of anilines is 2. The van der Waals surface area contributed by atoms with Gasteiger partial charge in [-0.2, -0.15) is 0 Å². The molecule has 0 amide bonds. The van der Waals surface area contributed by atoms with Crippen LogP contribution in [0.2, 0.25) is 0 Å². The number of rotatable bonds is 6. The lowest BCUT2D eigenvalue weighted by Gasteiger charge is -2.13. The van der Waals surface area contributed by atoms with Gasteiger partial charge in [0.15, 0.2) is 11.5 Å². The molecule has 9 nitrogen and oxygen atoms in total. The topological polar surface area (TPSA) is 117 Å². The Morgan fingerprint density at radius 1 is 1.07 bits per heavy atom. The molecule has 4 N–H and O–H groups in total. The van der Waals surface area contributed by atoms with Crippen LogP contribution in [0.3, 0.4) is 0 Å². The number of carbonyl (C=O) groups is 1. The van der Waals surface area contributed by atoms with Gasteiger partial charge >= 0.3 is 5.97 Å². The number of nitrogens with zero attached hydrogens (tertiary/aromatic N) is 1. The third-order valence-electron chi connectivity index (χ3n) is 4.69. The summed E-state index contributed by atoms with van der Waals surface area (Å²) in [4.78, 5) is 31.0. The number of carbonyl (C=O) groups excluding carboxylic acids is 1. The highest BCUT2D eigenvalue weighted by Gasteiger charge is 2.19. The molecule has 30 heavy (non-hydrogen) atoms. The summed E-state index contributed by atoms with van der Waals surface area (Å²) >= 11 is 0. The fourth-order valence-electron chi connectivity index (χ4n) is 3.19. The number of hydrogen-bond acceptors (Lipinski definition) is 8. The maximum atomic E-state index is 12.3. The van der Waals surface area contributed by atoms with Crippen LogP contribution in [0.15, 0.2) is 47.3 Å². The van der Waals surface area contributed by atoms with E-state index in [0.717, 1.165) is 16.7 Å². The van der Waals surface area contributed by atoms with Crippen LogP contribution in [0.4, 0.5) is 11.5 Å². The summed E-state index contributed by atoms with van der Waals surface area (Å²) in [6.07, 6.45) is 0.231. The van der Waals surface area contributed by atoms with Crippen LogP contribution in [0.25, 0.3) is 22.5 Å². The average molecular weight is 407 g/mol. The maximum absolute atomic E-state index is 12.3. The third kappa shape index (κ3) is 3.83. The Morgan fingerprint density at radius 3 is 2.57 bits per heavy atom. The summed E-state index contributed by atoms with van der Waals surface area (Å²) in [5, 5.41) is 0. The number of H-pyrrole nitrogens is 1. The summed E-state index contributed by atoms with van der Waals surface area (Å²) in [5.41, 5.74) is 11.7. The molecule has 3 aromatic rings. The van der Waals surface area contributed by atoms with Crippen LogP contribution in [0.5, 0.6) is 5.75 Å². The number of esters is 1. The molecule has 0 unspecified atom stereocenters. The Balaban J connectivity index is 1.68. The normalized spacial score (nSPS) is 11.9. The molecule has 0 saturated carbocycles. The number of ether oxygens (including phenoxy) is 2. The quantitative estimate of drug-likeness (QED) is 0.461. The number of aromatic nitrogens is 2. The predicted molar refractivity (Wildman–Crippen MR) is 113 cm³/mol. The van der Waals surface area contributed by atoms with Crippen LogP contribution in [0, 0.1) is 0 Å². The highest BCUT2D eigenvalue weighted by atomic mass is 16.5. The fourth-order valence-corrected chi connectivity index (χ4v) is 3.19. The molecule has 2 aromatic carbocycles. The van der Waals surface area contributed by atoms with E-state index in [1.54, 1.807) is 0 Å². The van der Waals surface area contributed by atoms with Gasteiger partial charge in [-0.3, -0.25) is 20.4 Å². The van der Waals surface area contributed by atoms with Crippen molar-refractivity contribution >= 4 is 17.5 Å². The Morgan fingerprint density at radius 2 is 1.83 bits per heavy atom. The van der Waals surface area contributed by atoms with E-state index in [-0.39, 0.29) is 17.9 Å². The zero-order valence-electron chi connectivity index (χ0n) is 16.5. The largest absolute Gasteiger partial charge is 0.493 e.